The first kappa shape index (κ1) is 18.7. The third-order valence-corrected chi connectivity index (χ3v) is 3.47. The summed E-state index contributed by atoms with van der Waals surface area (Å²) in [5.41, 5.74) is 1.03. The Bertz CT molecular complexity index is 771. The molecule has 0 aliphatic rings. The standard InChI is InChI=1S/C18H17F3N2O2/c1-11(22)25-17(23)10-16(24)14-4-2-3-13(9-14)12-5-7-15(8-6-12)18(19,20)21/h2-9,16,22-24H,10H2,1H3/t16-/m0/s1. The molecule has 3 N–H and O–H groups in total. The van der Waals surface area contributed by atoms with E-state index in [9.17, 15) is 18.3 Å². The zero-order valence-corrected chi connectivity index (χ0v) is 13.4. The van der Waals surface area contributed by atoms with E-state index in [1.165, 1.54) is 19.1 Å². The lowest BCUT2D eigenvalue weighted by atomic mass is 9.98. The average molecular weight is 350 g/mol. The maximum absolute atomic E-state index is 12.6. The molecule has 0 saturated carbocycles. The Hall–Kier alpha value is -2.67. The van der Waals surface area contributed by atoms with Crippen LogP contribution in [0.3, 0.4) is 0 Å². The summed E-state index contributed by atoms with van der Waals surface area (Å²) < 4.78 is 42.7. The molecular formula is C18H17F3N2O2. The van der Waals surface area contributed by atoms with Crippen molar-refractivity contribution in [2.24, 2.45) is 0 Å². The fourth-order valence-corrected chi connectivity index (χ4v) is 2.30. The van der Waals surface area contributed by atoms with Crippen LogP contribution in [-0.2, 0) is 10.9 Å². The van der Waals surface area contributed by atoms with Gasteiger partial charge in [-0.05, 0) is 34.9 Å². The second-order valence-corrected chi connectivity index (χ2v) is 5.50. The molecular weight excluding hydrogens is 333 g/mol. The van der Waals surface area contributed by atoms with Gasteiger partial charge in [-0.1, -0.05) is 30.3 Å². The Morgan fingerprint density at radius 3 is 2.28 bits per heavy atom. The molecule has 0 aliphatic heterocycles. The van der Waals surface area contributed by atoms with Crippen LogP contribution >= 0.6 is 0 Å². The molecule has 0 aromatic heterocycles. The van der Waals surface area contributed by atoms with Crippen LogP contribution in [0.2, 0.25) is 0 Å². The molecule has 0 heterocycles. The Balaban J connectivity index is 2.18. The molecule has 0 amide bonds. The van der Waals surface area contributed by atoms with Crippen molar-refractivity contribution in [3.63, 3.8) is 0 Å². The highest BCUT2D eigenvalue weighted by Gasteiger charge is 2.29. The number of aliphatic hydroxyl groups excluding tert-OH is 1. The molecule has 4 nitrogen and oxygen atoms in total. The molecule has 0 aliphatic carbocycles. The van der Waals surface area contributed by atoms with Crippen molar-refractivity contribution in [1.82, 2.24) is 0 Å². The lowest BCUT2D eigenvalue weighted by Crippen LogP contribution is -2.12. The zero-order valence-electron chi connectivity index (χ0n) is 13.4. The van der Waals surface area contributed by atoms with E-state index in [-0.39, 0.29) is 18.2 Å². The number of hydrogen-bond acceptors (Lipinski definition) is 4. The van der Waals surface area contributed by atoms with Crippen molar-refractivity contribution in [2.75, 3.05) is 0 Å². The number of benzene rings is 2. The lowest BCUT2D eigenvalue weighted by molar-refractivity contribution is -0.137. The fourth-order valence-electron chi connectivity index (χ4n) is 2.30. The van der Waals surface area contributed by atoms with Gasteiger partial charge in [-0.15, -0.1) is 0 Å². The molecule has 2 aromatic rings. The molecule has 0 saturated heterocycles. The fraction of sp³-hybridized carbons (Fsp3) is 0.222. The van der Waals surface area contributed by atoms with Crippen LogP contribution < -0.4 is 0 Å². The topological polar surface area (TPSA) is 77.2 Å². The summed E-state index contributed by atoms with van der Waals surface area (Å²) in [7, 11) is 0. The van der Waals surface area contributed by atoms with Crippen molar-refractivity contribution in [3.05, 3.63) is 59.7 Å². The van der Waals surface area contributed by atoms with E-state index in [1.54, 1.807) is 24.3 Å². The molecule has 0 radical (unpaired) electrons. The Labute approximate surface area is 142 Å². The minimum absolute atomic E-state index is 0.104. The number of rotatable bonds is 4. The van der Waals surface area contributed by atoms with Crippen LogP contribution in [0.15, 0.2) is 48.5 Å². The smallest absolute Gasteiger partial charge is 0.416 e. The predicted molar refractivity (Wildman–Crippen MR) is 88.7 cm³/mol. The van der Waals surface area contributed by atoms with Crippen LogP contribution in [0, 0.1) is 10.8 Å². The van der Waals surface area contributed by atoms with E-state index in [0.717, 1.165) is 12.1 Å². The second kappa shape index (κ2) is 7.48. The van der Waals surface area contributed by atoms with Crippen molar-refractivity contribution < 1.29 is 23.0 Å². The first-order valence-corrected chi connectivity index (χ1v) is 7.43. The maximum Gasteiger partial charge on any atom is 0.416 e. The first-order valence-electron chi connectivity index (χ1n) is 7.43. The van der Waals surface area contributed by atoms with E-state index in [4.69, 9.17) is 15.6 Å². The lowest BCUT2D eigenvalue weighted by Gasteiger charge is -2.13. The van der Waals surface area contributed by atoms with E-state index in [2.05, 4.69) is 0 Å². The largest absolute Gasteiger partial charge is 0.430 e. The Kier molecular flexibility index (Phi) is 5.58. The number of nitrogens with one attached hydrogen (secondary N) is 2. The normalized spacial score (nSPS) is 12.5. The summed E-state index contributed by atoms with van der Waals surface area (Å²) in [4.78, 5) is 0. The third kappa shape index (κ3) is 5.15. The highest BCUT2D eigenvalue weighted by atomic mass is 19.4. The van der Waals surface area contributed by atoms with Gasteiger partial charge in [0.05, 0.1) is 18.1 Å². The van der Waals surface area contributed by atoms with E-state index >= 15 is 0 Å². The van der Waals surface area contributed by atoms with Gasteiger partial charge in [0, 0.05) is 6.92 Å². The van der Waals surface area contributed by atoms with Crippen molar-refractivity contribution in [1.29, 1.82) is 10.8 Å². The molecule has 25 heavy (non-hydrogen) atoms. The van der Waals surface area contributed by atoms with Gasteiger partial charge >= 0.3 is 6.18 Å². The molecule has 2 rings (SSSR count). The first-order chi connectivity index (χ1) is 11.7. The van der Waals surface area contributed by atoms with E-state index in [1.807, 2.05) is 0 Å². The number of hydrogen-bond donors (Lipinski definition) is 3. The second-order valence-electron chi connectivity index (χ2n) is 5.50. The maximum atomic E-state index is 12.6. The summed E-state index contributed by atoms with van der Waals surface area (Å²) in [5, 5.41) is 24.9. The Morgan fingerprint density at radius 2 is 1.72 bits per heavy atom. The van der Waals surface area contributed by atoms with Crippen LogP contribution in [-0.4, -0.2) is 16.9 Å². The van der Waals surface area contributed by atoms with Gasteiger partial charge in [0.2, 0.25) is 0 Å². The van der Waals surface area contributed by atoms with Crippen LogP contribution in [0.5, 0.6) is 0 Å². The monoisotopic (exact) mass is 350 g/mol. The molecule has 132 valence electrons. The minimum atomic E-state index is -4.38. The quantitative estimate of drug-likeness (QED) is 0.548. The molecule has 0 spiro atoms. The van der Waals surface area contributed by atoms with Crippen molar-refractivity contribution in [2.45, 2.75) is 25.6 Å². The van der Waals surface area contributed by atoms with Gasteiger partial charge in [-0.3, -0.25) is 10.8 Å². The molecule has 2 aromatic carbocycles. The SMILES string of the molecule is CC(=N)OC(=N)C[C@H](O)c1cccc(-c2ccc(C(F)(F)F)cc2)c1. The average Bonchev–Trinajstić information content (AvgIpc) is 2.53. The minimum Gasteiger partial charge on any atom is -0.430 e. The number of aliphatic hydroxyl groups is 1. The van der Waals surface area contributed by atoms with E-state index < -0.39 is 17.8 Å². The summed E-state index contributed by atoms with van der Waals surface area (Å²) in [5.74, 6) is -0.379. The molecule has 1 atom stereocenters. The van der Waals surface area contributed by atoms with Gasteiger partial charge in [-0.25, -0.2) is 0 Å². The Morgan fingerprint density at radius 1 is 1.08 bits per heavy atom. The molecule has 0 fully saturated rings. The van der Waals surface area contributed by atoms with Crippen molar-refractivity contribution in [3.8, 4) is 11.1 Å². The molecule has 0 bridgehead atoms. The van der Waals surface area contributed by atoms with Gasteiger partial charge < -0.3 is 9.84 Å². The molecule has 7 heteroatoms. The van der Waals surface area contributed by atoms with Crippen LogP contribution in [0.25, 0.3) is 11.1 Å². The van der Waals surface area contributed by atoms with Crippen LogP contribution in [0.1, 0.15) is 30.6 Å². The molecule has 0 unspecified atom stereocenters. The summed E-state index contributed by atoms with van der Waals surface area (Å²) in [6.07, 6.45) is -5.50. The summed E-state index contributed by atoms with van der Waals surface area (Å²) in [6.45, 7) is 1.38. The summed E-state index contributed by atoms with van der Waals surface area (Å²) >= 11 is 0. The predicted octanol–water partition coefficient (Wildman–Crippen LogP) is 4.79. The number of halogens is 3. The third-order valence-electron chi connectivity index (χ3n) is 3.47. The zero-order chi connectivity index (χ0) is 18.6. The van der Waals surface area contributed by atoms with E-state index in [0.29, 0.717) is 16.7 Å². The van der Waals surface area contributed by atoms with Crippen molar-refractivity contribution >= 4 is 11.8 Å². The van der Waals surface area contributed by atoms with Gasteiger partial charge in [0.15, 0.2) is 11.8 Å². The highest BCUT2D eigenvalue weighted by Crippen LogP contribution is 2.31. The van der Waals surface area contributed by atoms with Gasteiger partial charge in [0.25, 0.3) is 0 Å². The number of alkyl halides is 3. The van der Waals surface area contributed by atoms with Gasteiger partial charge in [-0.2, -0.15) is 13.2 Å². The van der Waals surface area contributed by atoms with Crippen LogP contribution in [0.4, 0.5) is 13.2 Å². The highest BCUT2D eigenvalue weighted by molar-refractivity contribution is 5.87. The summed E-state index contributed by atoms with van der Waals surface area (Å²) in [6, 6.07) is 11.5. The van der Waals surface area contributed by atoms with Gasteiger partial charge in [0.1, 0.15) is 0 Å². The number of ether oxygens (including phenoxy) is 1.